The minimum Gasteiger partial charge on any atom is -0.481 e. The summed E-state index contributed by atoms with van der Waals surface area (Å²) in [4.78, 5) is 50.9. The summed E-state index contributed by atoms with van der Waals surface area (Å²) in [5.74, 6) is -1.01. The maximum absolute atomic E-state index is 14.2. The lowest BCUT2D eigenvalue weighted by Gasteiger charge is -2.48. The molecule has 3 atom stereocenters. The molecule has 0 unspecified atom stereocenters. The number of anilines is 1. The highest BCUT2D eigenvalue weighted by Gasteiger charge is 2.51. The summed E-state index contributed by atoms with van der Waals surface area (Å²) < 4.78 is 0. The van der Waals surface area contributed by atoms with E-state index in [0.717, 1.165) is 54.5 Å². The lowest BCUT2D eigenvalue weighted by atomic mass is 9.81. The average Bonchev–Trinajstić information content (AvgIpc) is 3.67. The Kier molecular flexibility index (Phi) is 6.39. The molecule has 0 bridgehead atoms. The van der Waals surface area contributed by atoms with Crippen molar-refractivity contribution in [2.45, 2.75) is 63.1 Å². The van der Waals surface area contributed by atoms with Gasteiger partial charge in [-0.15, -0.1) is 0 Å². The van der Waals surface area contributed by atoms with E-state index in [4.69, 9.17) is 0 Å². The first kappa shape index (κ1) is 24.3. The zero-order valence-corrected chi connectivity index (χ0v) is 21.1. The van der Waals surface area contributed by atoms with Crippen molar-refractivity contribution in [2.75, 3.05) is 4.90 Å². The van der Waals surface area contributed by atoms with Gasteiger partial charge in [-0.3, -0.25) is 14.4 Å². The maximum Gasteiger partial charge on any atom is 0.303 e. The van der Waals surface area contributed by atoms with Crippen LogP contribution in [0.25, 0.3) is 11.1 Å². The summed E-state index contributed by atoms with van der Waals surface area (Å²) in [6.45, 7) is 0. The molecule has 1 aromatic heterocycles. The predicted molar refractivity (Wildman–Crippen MR) is 141 cm³/mol. The number of carboxylic acid groups (broad SMARTS) is 1. The Hall–Kier alpha value is -4.07. The zero-order chi connectivity index (χ0) is 26.2. The highest BCUT2D eigenvalue weighted by Crippen LogP contribution is 2.53. The number of fused-ring (bicyclic) bond motifs is 2. The fourth-order valence-corrected chi connectivity index (χ4v) is 6.34. The topological polar surface area (TPSA) is 104 Å². The van der Waals surface area contributed by atoms with Gasteiger partial charge in [0.2, 0.25) is 5.91 Å². The molecule has 2 amide bonds. The van der Waals surface area contributed by atoms with E-state index >= 15 is 0 Å². The van der Waals surface area contributed by atoms with E-state index in [-0.39, 0.29) is 48.7 Å². The number of amides is 2. The van der Waals surface area contributed by atoms with Crippen molar-refractivity contribution < 1.29 is 19.5 Å². The number of aromatic nitrogens is 2. The second-order valence-corrected chi connectivity index (χ2v) is 10.5. The van der Waals surface area contributed by atoms with Crippen molar-refractivity contribution in [3.63, 3.8) is 0 Å². The van der Waals surface area contributed by atoms with E-state index in [9.17, 15) is 19.5 Å². The minimum atomic E-state index is -0.960. The minimum absolute atomic E-state index is 0.000520. The number of benzene rings is 2. The fourth-order valence-electron chi connectivity index (χ4n) is 6.34. The molecule has 38 heavy (non-hydrogen) atoms. The van der Waals surface area contributed by atoms with E-state index < -0.39 is 5.97 Å². The van der Waals surface area contributed by atoms with Crippen molar-refractivity contribution in [1.29, 1.82) is 0 Å². The van der Waals surface area contributed by atoms with Crippen molar-refractivity contribution in [3.8, 4) is 11.1 Å². The Morgan fingerprint density at radius 2 is 1.71 bits per heavy atom. The monoisotopic (exact) mass is 510 g/mol. The smallest absolute Gasteiger partial charge is 0.303 e. The quantitative estimate of drug-likeness (QED) is 0.486. The van der Waals surface area contributed by atoms with Gasteiger partial charge in [0, 0.05) is 53.6 Å². The lowest BCUT2D eigenvalue weighted by molar-refractivity contribution is -0.142. The molecule has 0 radical (unpaired) electrons. The van der Waals surface area contributed by atoms with Gasteiger partial charge in [0.05, 0.1) is 12.5 Å². The normalized spacial score (nSPS) is 21.9. The summed E-state index contributed by atoms with van der Waals surface area (Å²) in [7, 11) is 0. The molecular weight excluding hydrogens is 480 g/mol. The van der Waals surface area contributed by atoms with Crippen LogP contribution in [0.1, 0.15) is 66.9 Å². The van der Waals surface area contributed by atoms with Crippen LogP contribution in [0.15, 0.2) is 67.3 Å². The summed E-state index contributed by atoms with van der Waals surface area (Å²) in [5.41, 5.74) is 4.15. The molecule has 2 aromatic carbocycles. The van der Waals surface area contributed by atoms with Crippen LogP contribution in [0.2, 0.25) is 0 Å². The van der Waals surface area contributed by atoms with Gasteiger partial charge in [-0.25, -0.2) is 9.97 Å². The Balaban J connectivity index is 1.39. The molecule has 8 heteroatoms. The molecule has 194 valence electrons. The van der Waals surface area contributed by atoms with Gasteiger partial charge < -0.3 is 14.9 Å². The molecule has 2 aliphatic carbocycles. The number of aliphatic carboxylic acids is 1. The van der Waals surface area contributed by atoms with Crippen LogP contribution in [0.3, 0.4) is 0 Å². The largest absolute Gasteiger partial charge is 0.481 e. The number of carboxylic acids is 1. The molecule has 0 saturated heterocycles. The number of carbonyl (C=O) groups excluding carboxylic acids is 2. The lowest BCUT2D eigenvalue weighted by Crippen LogP contribution is -2.52. The summed E-state index contributed by atoms with van der Waals surface area (Å²) in [6.07, 6.45) is 9.43. The molecule has 2 fully saturated rings. The molecule has 2 heterocycles. The van der Waals surface area contributed by atoms with E-state index in [1.165, 1.54) is 6.33 Å². The van der Waals surface area contributed by atoms with Crippen molar-refractivity contribution in [2.24, 2.45) is 5.92 Å². The molecular formula is C30H30N4O4. The van der Waals surface area contributed by atoms with Crippen molar-refractivity contribution >= 4 is 23.5 Å². The van der Waals surface area contributed by atoms with E-state index in [2.05, 4.69) is 9.97 Å². The van der Waals surface area contributed by atoms with Crippen molar-refractivity contribution in [3.05, 3.63) is 78.4 Å². The van der Waals surface area contributed by atoms with Crippen LogP contribution in [0.5, 0.6) is 0 Å². The number of carbonyl (C=O) groups is 3. The zero-order valence-electron chi connectivity index (χ0n) is 21.1. The summed E-state index contributed by atoms with van der Waals surface area (Å²) >= 11 is 0. The third-order valence-corrected chi connectivity index (χ3v) is 8.09. The van der Waals surface area contributed by atoms with E-state index in [1.807, 2.05) is 58.3 Å². The summed E-state index contributed by atoms with van der Waals surface area (Å²) in [5, 5.41) is 9.19. The molecule has 3 aliphatic rings. The molecule has 0 spiro atoms. The molecule has 6 rings (SSSR count). The second kappa shape index (κ2) is 10.0. The molecule has 1 aliphatic heterocycles. The first-order valence-electron chi connectivity index (χ1n) is 13.3. The molecule has 3 aromatic rings. The van der Waals surface area contributed by atoms with Gasteiger partial charge in [0.1, 0.15) is 6.33 Å². The SMILES string of the molecule is O=C(O)CCC(=O)N(C1CC1)[C@H]1c2ccccc2N(C(=O)c2cccc(-c3cncnc3)c2)[C@@H]2CCC[C@@H]21. The summed E-state index contributed by atoms with van der Waals surface area (Å²) in [6, 6.07) is 15.5. The van der Waals surface area contributed by atoms with Crippen LogP contribution in [-0.4, -0.2) is 49.8 Å². The molecule has 8 nitrogen and oxygen atoms in total. The van der Waals surface area contributed by atoms with Gasteiger partial charge in [-0.05, 0) is 55.0 Å². The van der Waals surface area contributed by atoms with Gasteiger partial charge in [0.25, 0.3) is 5.91 Å². The molecule has 1 N–H and O–H groups in total. The fraction of sp³-hybridized carbons (Fsp3) is 0.367. The Morgan fingerprint density at radius 3 is 2.47 bits per heavy atom. The number of hydrogen-bond donors (Lipinski definition) is 1. The van der Waals surface area contributed by atoms with Gasteiger partial charge in [0.15, 0.2) is 0 Å². The number of nitrogens with zero attached hydrogens (tertiary/aromatic N) is 4. The number of rotatable bonds is 7. The third-order valence-electron chi connectivity index (χ3n) is 8.09. The standard InChI is InChI=1S/C30H30N4O4/c35-27(13-14-28(36)37)33(22-11-12-22)29-23-7-1-2-9-25(23)34(26-10-4-8-24(26)29)30(38)20-6-3-5-19(15-20)21-16-31-18-32-17-21/h1-3,5-7,9,15-18,22,24,26,29H,4,8,10-14H2,(H,36,37)/t24-,26+,29-/m0/s1. The van der Waals surface area contributed by atoms with E-state index in [1.54, 1.807) is 12.4 Å². The first-order valence-corrected chi connectivity index (χ1v) is 13.3. The second-order valence-electron chi connectivity index (χ2n) is 10.5. The number of para-hydroxylation sites is 1. The van der Waals surface area contributed by atoms with Crippen LogP contribution < -0.4 is 4.90 Å². The Morgan fingerprint density at radius 1 is 0.921 bits per heavy atom. The maximum atomic E-state index is 14.2. The van der Waals surface area contributed by atoms with Gasteiger partial charge >= 0.3 is 5.97 Å². The first-order chi connectivity index (χ1) is 18.5. The highest BCUT2D eigenvalue weighted by atomic mass is 16.4. The Bertz CT molecular complexity index is 1370. The van der Waals surface area contributed by atoms with Crippen LogP contribution >= 0.6 is 0 Å². The Labute approximate surface area is 221 Å². The van der Waals surface area contributed by atoms with Gasteiger partial charge in [-0.2, -0.15) is 0 Å². The predicted octanol–water partition coefficient (Wildman–Crippen LogP) is 4.87. The van der Waals surface area contributed by atoms with Crippen LogP contribution in [0.4, 0.5) is 5.69 Å². The van der Waals surface area contributed by atoms with E-state index in [0.29, 0.717) is 5.56 Å². The third kappa shape index (κ3) is 4.44. The van der Waals surface area contributed by atoms with Gasteiger partial charge in [-0.1, -0.05) is 36.8 Å². The highest BCUT2D eigenvalue weighted by molar-refractivity contribution is 6.08. The van der Waals surface area contributed by atoms with Crippen LogP contribution in [0, 0.1) is 5.92 Å². The molecule has 2 saturated carbocycles. The van der Waals surface area contributed by atoms with Crippen molar-refractivity contribution in [1.82, 2.24) is 14.9 Å². The average molecular weight is 511 g/mol. The number of hydrogen-bond acceptors (Lipinski definition) is 5. The van der Waals surface area contributed by atoms with Crippen LogP contribution in [-0.2, 0) is 9.59 Å².